The van der Waals surface area contributed by atoms with Gasteiger partial charge in [0.05, 0.1) is 4.90 Å². The van der Waals surface area contributed by atoms with Crippen molar-refractivity contribution in [3.05, 3.63) is 29.8 Å². The largest absolute Gasteiger partial charge is 1.00 e. The van der Waals surface area contributed by atoms with E-state index in [1.165, 1.54) is 12.1 Å². The molecule has 1 aromatic rings. The third-order valence-corrected chi connectivity index (χ3v) is 3.14. The van der Waals surface area contributed by atoms with Crippen molar-refractivity contribution in [3.8, 4) is 0 Å². The van der Waals surface area contributed by atoms with Gasteiger partial charge < -0.3 is 12.4 Å². The van der Waals surface area contributed by atoms with Crippen LogP contribution in [0, 0.1) is 6.92 Å². The first-order chi connectivity index (χ1) is 5.56. The Balaban J connectivity index is -0.0000000960. The molecule has 0 aliphatic heterocycles. The molecule has 1 aromatic carbocycles. The van der Waals surface area contributed by atoms with Gasteiger partial charge >= 0.3 is 29.6 Å². The topological polar surface area (TPSA) is 109 Å². The average molecular weight is 302 g/mol. The Morgan fingerprint density at radius 2 is 1.56 bits per heavy atom. The van der Waals surface area contributed by atoms with E-state index < -0.39 is 10.0 Å². The summed E-state index contributed by atoms with van der Waals surface area (Å²) in [5.41, 5.74) is 1.00. The van der Waals surface area contributed by atoms with Crippen LogP contribution in [0.3, 0.4) is 0 Å². The summed E-state index contributed by atoms with van der Waals surface area (Å²) in [6.45, 7) is 1.88. The SMILES string of the molecule is Cc1ccc(S(=O)(=O)NCl)cc1.Cl.O.O.[H-].[Na+]. The zero-order valence-corrected chi connectivity index (χ0v) is 13.2. The summed E-state index contributed by atoms with van der Waals surface area (Å²) in [7, 11) is -3.50. The van der Waals surface area contributed by atoms with Crippen LogP contribution in [0.2, 0.25) is 0 Å². The molecule has 0 unspecified atom stereocenters. The van der Waals surface area contributed by atoms with Gasteiger partial charge in [0.25, 0.3) is 10.0 Å². The molecule has 5 nitrogen and oxygen atoms in total. The molecule has 0 fully saturated rings. The average Bonchev–Trinajstić information content (AvgIpc) is 2.05. The van der Waals surface area contributed by atoms with Crippen LogP contribution in [-0.4, -0.2) is 19.4 Å². The van der Waals surface area contributed by atoms with Gasteiger partial charge in [0, 0.05) is 0 Å². The van der Waals surface area contributed by atoms with E-state index in [0.29, 0.717) is 0 Å². The molecular formula is C7H14Cl2NNaO4S. The molecule has 0 bridgehead atoms. The number of sulfonamides is 1. The zero-order valence-electron chi connectivity index (χ0n) is 9.82. The molecule has 92 valence electrons. The first kappa shape index (κ1) is 25.5. The van der Waals surface area contributed by atoms with E-state index in [-0.39, 0.29) is 59.2 Å². The van der Waals surface area contributed by atoms with E-state index in [4.69, 9.17) is 11.8 Å². The van der Waals surface area contributed by atoms with Crippen LogP contribution in [0.25, 0.3) is 0 Å². The smallest absolute Gasteiger partial charge is 1.00 e. The van der Waals surface area contributed by atoms with E-state index in [9.17, 15) is 8.42 Å². The zero-order chi connectivity index (χ0) is 9.19. The summed E-state index contributed by atoms with van der Waals surface area (Å²) >= 11 is 5.03. The Hall–Kier alpha value is 0.630. The fraction of sp³-hybridized carbons (Fsp3) is 0.143. The van der Waals surface area contributed by atoms with Gasteiger partial charge in [-0.2, -0.15) is 0 Å². The van der Waals surface area contributed by atoms with Crippen molar-refractivity contribution in [2.75, 3.05) is 0 Å². The molecular weight excluding hydrogens is 288 g/mol. The number of nitrogens with one attached hydrogen (secondary N) is 1. The van der Waals surface area contributed by atoms with Crippen molar-refractivity contribution in [2.24, 2.45) is 0 Å². The molecule has 0 heterocycles. The van der Waals surface area contributed by atoms with E-state index in [1.54, 1.807) is 16.4 Å². The second kappa shape index (κ2) is 10.8. The summed E-state index contributed by atoms with van der Waals surface area (Å²) in [6.07, 6.45) is 0. The van der Waals surface area contributed by atoms with Crippen molar-refractivity contribution < 1.29 is 50.4 Å². The number of benzene rings is 1. The van der Waals surface area contributed by atoms with E-state index >= 15 is 0 Å². The number of hydrogen-bond donors (Lipinski definition) is 1. The maximum absolute atomic E-state index is 11.1. The molecule has 0 spiro atoms. The molecule has 0 amide bonds. The third-order valence-electron chi connectivity index (χ3n) is 1.43. The van der Waals surface area contributed by atoms with Gasteiger partial charge in [-0.05, 0) is 30.8 Å². The quantitative estimate of drug-likeness (QED) is 0.474. The Labute approximate surface area is 130 Å². The molecule has 0 radical (unpaired) electrons. The summed E-state index contributed by atoms with van der Waals surface area (Å²) < 4.78 is 23.9. The molecule has 0 atom stereocenters. The van der Waals surface area contributed by atoms with Crippen molar-refractivity contribution in [1.82, 2.24) is 4.24 Å². The van der Waals surface area contributed by atoms with E-state index in [0.717, 1.165) is 5.56 Å². The van der Waals surface area contributed by atoms with Crippen molar-refractivity contribution in [1.29, 1.82) is 0 Å². The van der Waals surface area contributed by atoms with E-state index in [2.05, 4.69) is 0 Å². The molecule has 0 saturated heterocycles. The maximum atomic E-state index is 11.1. The molecule has 0 aliphatic carbocycles. The van der Waals surface area contributed by atoms with Crippen molar-refractivity contribution >= 4 is 34.2 Å². The first-order valence-corrected chi connectivity index (χ1v) is 5.11. The molecule has 9 heteroatoms. The Morgan fingerprint density at radius 3 is 1.88 bits per heavy atom. The fourth-order valence-electron chi connectivity index (χ4n) is 0.762. The van der Waals surface area contributed by atoms with Gasteiger partial charge in [0.15, 0.2) is 0 Å². The second-order valence-corrected chi connectivity index (χ2v) is 4.49. The Bertz CT molecular complexity index is 376. The van der Waals surface area contributed by atoms with Crippen molar-refractivity contribution in [2.45, 2.75) is 11.8 Å². The molecule has 5 N–H and O–H groups in total. The van der Waals surface area contributed by atoms with Crippen LogP contribution in [0.5, 0.6) is 0 Å². The van der Waals surface area contributed by atoms with Gasteiger partial charge in [0.1, 0.15) is 0 Å². The standard InChI is InChI=1S/C7H8ClNO2S.ClH.Na.2H2O.H/c1-6-2-4-7(5-3-6)12(10,11)9-8;;;;;/h2-5,9H,1H3;1H;;2*1H2;/q;;+1;;;-1. The predicted molar refractivity (Wildman–Crippen MR) is 62.9 cm³/mol. The van der Waals surface area contributed by atoms with Crippen LogP contribution in [0.4, 0.5) is 0 Å². The normalized spacial score (nSPS) is 8.62. The van der Waals surface area contributed by atoms with Gasteiger partial charge in [-0.15, -0.1) is 16.6 Å². The van der Waals surface area contributed by atoms with Gasteiger partial charge in [-0.25, -0.2) is 8.42 Å². The second-order valence-electron chi connectivity index (χ2n) is 2.39. The number of rotatable bonds is 2. The maximum Gasteiger partial charge on any atom is 1.00 e. The van der Waals surface area contributed by atoms with Crippen LogP contribution in [0.1, 0.15) is 6.99 Å². The minimum absolute atomic E-state index is 0. The van der Waals surface area contributed by atoms with Gasteiger partial charge in [-0.1, -0.05) is 17.7 Å². The molecule has 0 aromatic heterocycles. The fourth-order valence-corrected chi connectivity index (χ4v) is 1.61. The number of halogens is 2. The minimum atomic E-state index is -3.50. The summed E-state index contributed by atoms with van der Waals surface area (Å²) in [5.74, 6) is 0. The number of aryl methyl sites for hydroxylation is 1. The number of hydrogen-bond acceptors (Lipinski definition) is 2. The van der Waals surface area contributed by atoms with Gasteiger partial charge in [0.2, 0.25) is 0 Å². The first-order valence-electron chi connectivity index (χ1n) is 3.25. The van der Waals surface area contributed by atoms with Crippen LogP contribution >= 0.6 is 24.2 Å². The molecule has 0 saturated carbocycles. The Morgan fingerprint density at radius 1 is 1.19 bits per heavy atom. The summed E-state index contributed by atoms with van der Waals surface area (Å²) in [4.78, 5) is 0.170. The molecule has 0 aliphatic rings. The van der Waals surface area contributed by atoms with Gasteiger partial charge in [-0.3, -0.25) is 0 Å². The Kier molecular flexibility index (Phi) is 17.1. The van der Waals surface area contributed by atoms with Crippen LogP contribution in [-0.2, 0) is 10.0 Å². The minimum Gasteiger partial charge on any atom is -1.00 e. The predicted octanol–water partition coefficient (Wildman–Crippen LogP) is -2.68. The van der Waals surface area contributed by atoms with Crippen LogP contribution < -0.4 is 33.8 Å². The van der Waals surface area contributed by atoms with E-state index in [1.807, 2.05) is 6.92 Å². The van der Waals surface area contributed by atoms with Crippen molar-refractivity contribution in [3.63, 3.8) is 0 Å². The van der Waals surface area contributed by atoms with Crippen LogP contribution in [0.15, 0.2) is 29.2 Å². The molecule has 1 rings (SSSR count). The monoisotopic (exact) mass is 301 g/mol. The summed E-state index contributed by atoms with van der Waals surface area (Å²) in [5, 5.41) is 0. The third kappa shape index (κ3) is 7.05. The summed E-state index contributed by atoms with van der Waals surface area (Å²) in [6, 6.07) is 6.42. The molecule has 16 heavy (non-hydrogen) atoms.